The Morgan fingerprint density at radius 3 is 2.83 bits per heavy atom. The van der Waals surface area contributed by atoms with Crippen LogP contribution < -0.4 is 5.32 Å². The summed E-state index contributed by atoms with van der Waals surface area (Å²) in [6.45, 7) is 7.00. The van der Waals surface area contributed by atoms with E-state index < -0.39 is 0 Å². The molecule has 0 bridgehead atoms. The van der Waals surface area contributed by atoms with Gasteiger partial charge in [0.25, 0.3) is 0 Å². The molecule has 1 aliphatic heterocycles. The van der Waals surface area contributed by atoms with E-state index in [-0.39, 0.29) is 23.7 Å². The van der Waals surface area contributed by atoms with Crippen LogP contribution in [0.25, 0.3) is 0 Å². The zero-order valence-corrected chi connectivity index (χ0v) is 15.1. The van der Waals surface area contributed by atoms with Crippen molar-refractivity contribution in [1.29, 1.82) is 0 Å². The Labute approximate surface area is 144 Å². The first-order valence-electron chi connectivity index (χ1n) is 9.22. The molecule has 2 atom stereocenters. The van der Waals surface area contributed by atoms with E-state index in [1.54, 1.807) is 0 Å². The van der Waals surface area contributed by atoms with Crippen molar-refractivity contribution >= 4 is 17.4 Å². The number of ketones is 1. The Morgan fingerprint density at radius 1 is 1.42 bits per heavy atom. The van der Waals surface area contributed by atoms with E-state index in [2.05, 4.69) is 31.2 Å². The molecule has 2 aliphatic rings. The summed E-state index contributed by atoms with van der Waals surface area (Å²) in [6, 6.07) is 0. The summed E-state index contributed by atoms with van der Waals surface area (Å²) < 4.78 is 0. The van der Waals surface area contributed by atoms with Crippen molar-refractivity contribution in [2.75, 3.05) is 6.54 Å². The second-order valence-corrected chi connectivity index (χ2v) is 7.24. The molecule has 0 saturated heterocycles. The average Bonchev–Trinajstić information content (AvgIpc) is 2.94. The summed E-state index contributed by atoms with van der Waals surface area (Å²) in [4.78, 5) is 29.2. The first-order chi connectivity index (χ1) is 11.5. The molecule has 24 heavy (non-hydrogen) atoms. The molecule has 2 unspecified atom stereocenters. The Kier molecular flexibility index (Phi) is 7.00. The Hall–Kier alpha value is -1.65. The third-order valence-electron chi connectivity index (χ3n) is 4.63. The molecular weight excluding hydrogens is 304 g/mol. The van der Waals surface area contributed by atoms with Crippen LogP contribution in [0.5, 0.6) is 0 Å². The number of Topliss-reactive ketones (excluding diaryl/α,β-unsaturated/α-hetero) is 1. The smallest absolute Gasteiger partial charge is 0.223 e. The molecule has 0 saturated carbocycles. The molecule has 1 amide bonds. The highest BCUT2D eigenvalue weighted by molar-refractivity contribution is 6.04. The fourth-order valence-corrected chi connectivity index (χ4v) is 3.19. The highest BCUT2D eigenvalue weighted by atomic mass is 16.6. The molecule has 1 heterocycles. The van der Waals surface area contributed by atoms with Crippen molar-refractivity contribution in [3.8, 4) is 0 Å². The van der Waals surface area contributed by atoms with Crippen molar-refractivity contribution in [1.82, 2.24) is 5.32 Å². The molecule has 0 spiro atoms. The second-order valence-electron chi connectivity index (χ2n) is 7.24. The minimum Gasteiger partial charge on any atom is -0.391 e. The topological polar surface area (TPSA) is 67.8 Å². The number of nitrogens with zero attached hydrogens (tertiary/aromatic N) is 1. The van der Waals surface area contributed by atoms with Gasteiger partial charge in [-0.25, -0.2) is 0 Å². The molecule has 0 fully saturated rings. The summed E-state index contributed by atoms with van der Waals surface area (Å²) in [7, 11) is 0. The number of hydrogen-bond acceptors (Lipinski definition) is 4. The van der Waals surface area contributed by atoms with Gasteiger partial charge in [-0.05, 0) is 24.3 Å². The van der Waals surface area contributed by atoms with Gasteiger partial charge in [-0.2, -0.15) is 0 Å². The van der Waals surface area contributed by atoms with Crippen LogP contribution in [0.15, 0.2) is 16.8 Å². The van der Waals surface area contributed by atoms with E-state index in [1.165, 1.54) is 0 Å². The molecule has 1 aliphatic carbocycles. The van der Waals surface area contributed by atoms with Gasteiger partial charge in [0.2, 0.25) is 5.91 Å². The first-order valence-corrected chi connectivity index (χ1v) is 9.22. The van der Waals surface area contributed by atoms with Crippen molar-refractivity contribution < 1.29 is 14.4 Å². The zero-order valence-electron chi connectivity index (χ0n) is 15.1. The molecule has 2 rings (SSSR count). The molecule has 5 heteroatoms. The number of unbranched alkanes of at least 4 members (excludes halogenated alkanes) is 1. The Balaban J connectivity index is 1.99. The van der Waals surface area contributed by atoms with Gasteiger partial charge in [0, 0.05) is 25.3 Å². The minimum absolute atomic E-state index is 0.0273. The van der Waals surface area contributed by atoms with Crippen LogP contribution in [0.3, 0.4) is 0 Å². The average molecular weight is 334 g/mol. The number of hydrogen-bond donors (Lipinski definition) is 1. The second kappa shape index (κ2) is 9.00. The molecule has 5 nitrogen and oxygen atoms in total. The van der Waals surface area contributed by atoms with Crippen LogP contribution in [-0.2, 0) is 14.4 Å². The van der Waals surface area contributed by atoms with Gasteiger partial charge in [-0.3, -0.25) is 9.59 Å². The minimum atomic E-state index is -0.183. The van der Waals surface area contributed by atoms with Gasteiger partial charge in [0.1, 0.15) is 11.9 Å². The molecule has 1 N–H and O–H groups in total. The SMILES string of the molecule is CCCCC1C(C2=CCC(=O)CC2)=NOC1CC(=O)NCC(C)C. The number of allylic oxidation sites excluding steroid dienone is 2. The monoisotopic (exact) mass is 334 g/mol. The number of carbonyl (C=O) groups is 2. The van der Waals surface area contributed by atoms with Gasteiger partial charge in [-0.1, -0.05) is 44.8 Å². The van der Waals surface area contributed by atoms with Crippen LogP contribution >= 0.6 is 0 Å². The van der Waals surface area contributed by atoms with Gasteiger partial charge in [0.15, 0.2) is 0 Å². The molecule has 0 aromatic heterocycles. The first kappa shape index (κ1) is 18.7. The van der Waals surface area contributed by atoms with E-state index in [9.17, 15) is 9.59 Å². The third-order valence-corrected chi connectivity index (χ3v) is 4.63. The summed E-state index contributed by atoms with van der Waals surface area (Å²) in [5.74, 6) is 0.910. The normalized spacial score (nSPS) is 23.8. The standard InChI is InChI=1S/C19H30N2O3/c1-4-5-6-16-17(11-18(23)20-12-13(2)3)24-21-19(16)14-7-9-15(22)10-8-14/h7,13,16-17H,4-6,8-12H2,1-3H3,(H,20,23). The zero-order chi connectivity index (χ0) is 17.5. The maximum absolute atomic E-state index is 12.1. The quantitative estimate of drug-likeness (QED) is 0.740. The summed E-state index contributed by atoms with van der Waals surface area (Å²) in [5.41, 5.74) is 2.11. The van der Waals surface area contributed by atoms with Crippen LogP contribution in [0, 0.1) is 11.8 Å². The number of rotatable bonds is 8. The van der Waals surface area contributed by atoms with Crippen molar-refractivity contribution in [3.63, 3.8) is 0 Å². The molecular formula is C19H30N2O3. The molecule has 134 valence electrons. The van der Waals surface area contributed by atoms with Gasteiger partial charge in [0.05, 0.1) is 12.1 Å². The van der Waals surface area contributed by atoms with E-state index in [0.29, 0.717) is 31.7 Å². The lowest BCUT2D eigenvalue weighted by Crippen LogP contribution is -2.34. The van der Waals surface area contributed by atoms with E-state index in [1.807, 2.05) is 6.08 Å². The maximum atomic E-state index is 12.1. The van der Waals surface area contributed by atoms with E-state index >= 15 is 0 Å². The Morgan fingerprint density at radius 2 is 2.21 bits per heavy atom. The van der Waals surface area contributed by atoms with E-state index in [4.69, 9.17) is 4.84 Å². The van der Waals surface area contributed by atoms with Crippen LogP contribution in [0.1, 0.15) is 65.7 Å². The van der Waals surface area contributed by atoms with Crippen LogP contribution in [0.4, 0.5) is 0 Å². The lowest BCUT2D eigenvalue weighted by molar-refractivity contribution is -0.124. The molecule has 0 aromatic rings. The molecule has 0 aromatic carbocycles. The number of amides is 1. The summed E-state index contributed by atoms with van der Waals surface area (Å²) >= 11 is 0. The van der Waals surface area contributed by atoms with Crippen LogP contribution in [-0.4, -0.2) is 30.1 Å². The van der Waals surface area contributed by atoms with Crippen molar-refractivity contribution in [2.24, 2.45) is 17.0 Å². The fraction of sp³-hybridized carbons (Fsp3) is 0.737. The predicted molar refractivity (Wildman–Crippen MR) is 94.7 cm³/mol. The largest absolute Gasteiger partial charge is 0.391 e. The van der Waals surface area contributed by atoms with Gasteiger partial charge >= 0.3 is 0 Å². The summed E-state index contributed by atoms with van der Waals surface area (Å²) in [6.07, 6.45) is 7.15. The molecule has 0 radical (unpaired) electrons. The third kappa shape index (κ3) is 5.18. The van der Waals surface area contributed by atoms with Gasteiger partial charge < -0.3 is 10.2 Å². The number of nitrogens with one attached hydrogen (secondary N) is 1. The van der Waals surface area contributed by atoms with Gasteiger partial charge in [-0.15, -0.1) is 0 Å². The highest BCUT2D eigenvalue weighted by Crippen LogP contribution is 2.32. The lowest BCUT2D eigenvalue weighted by Gasteiger charge is -2.21. The Bertz CT molecular complexity index is 523. The number of oxime groups is 1. The fourth-order valence-electron chi connectivity index (χ4n) is 3.19. The predicted octanol–water partition coefficient (Wildman–Crippen LogP) is 3.39. The maximum Gasteiger partial charge on any atom is 0.223 e. The number of carbonyl (C=O) groups excluding carboxylic acids is 2. The highest BCUT2D eigenvalue weighted by Gasteiger charge is 2.37. The van der Waals surface area contributed by atoms with Crippen LogP contribution in [0.2, 0.25) is 0 Å². The van der Waals surface area contributed by atoms with E-state index in [0.717, 1.165) is 37.0 Å². The van der Waals surface area contributed by atoms with Crippen molar-refractivity contribution in [2.45, 2.75) is 71.8 Å². The lowest BCUT2D eigenvalue weighted by atomic mass is 9.83. The van der Waals surface area contributed by atoms with Crippen molar-refractivity contribution in [3.05, 3.63) is 11.6 Å². The summed E-state index contributed by atoms with van der Waals surface area (Å²) in [5, 5.41) is 7.26.